The number of ether oxygens (including phenoxy) is 1. The van der Waals surface area contributed by atoms with E-state index >= 15 is 0 Å². The SMILES string of the molecule is COC(=O)c1cn(Cc2nc(-c3ccc(F)cc3F)no2)cc2c(=O)[nH]nc1-2. The molecule has 9 nitrogen and oxygen atoms in total. The molecule has 0 spiro atoms. The number of hydrogen-bond donors (Lipinski definition) is 1. The van der Waals surface area contributed by atoms with Crippen LogP contribution < -0.4 is 5.56 Å². The van der Waals surface area contributed by atoms with Gasteiger partial charge in [-0.15, -0.1) is 0 Å². The highest BCUT2D eigenvalue weighted by molar-refractivity contribution is 5.95. The van der Waals surface area contributed by atoms with Gasteiger partial charge in [-0.1, -0.05) is 5.16 Å². The van der Waals surface area contributed by atoms with Crippen molar-refractivity contribution in [1.82, 2.24) is 24.9 Å². The van der Waals surface area contributed by atoms with Crippen LogP contribution in [0.15, 0.2) is 39.9 Å². The van der Waals surface area contributed by atoms with E-state index in [0.29, 0.717) is 6.07 Å². The maximum absolute atomic E-state index is 13.9. The standard InChI is InChI=1S/C17H11F2N5O4/c1-27-17(26)11-6-24(5-10-14(11)21-22-16(10)25)7-13-20-15(23-28-13)9-3-2-8(18)4-12(9)19/h2-6H,7H2,1H3,(H,22,25). The number of aromatic amines is 1. The van der Waals surface area contributed by atoms with Gasteiger partial charge < -0.3 is 13.8 Å². The van der Waals surface area contributed by atoms with E-state index in [2.05, 4.69) is 20.3 Å². The molecule has 1 aromatic carbocycles. The van der Waals surface area contributed by atoms with Crippen LogP contribution in [-0.4, -0.2) is 38.0 Å². The second kappa shape index (κ2) is 6.68. The minimum Gasteiger partial charge on any atom is -0.465 e. The number of nitrogens with one attached hydrogen (secondary N) is 1. The van der Waals surface area contributed by atoms with Gasteiger partial charge in [0.05, 0.1) is 18.2 Å². The number of carbonyl (C=O) groups is 1. The van der Waals surface area contributed by atoms with Crippen molar-refractivity contribution in [3.63, 3.8) is 0 Å². The maximum atomic E-state index is 13.9. The molecular formula is C17H11F2N5O4. The first-order valence-electron chi connectivity index (χ1n) is 7.90. The number of halogens is 2. The number of methoxy groups -OCH3 is 1. The summed E-state index contributed by atoms with van der Waals surface area (Å²) in [6.07, 6.45) is 2.87. The van der Waals surface area contributed by atoms with Crippen LogP contribution in [-0.2, 0) is 11.3 Å². The van der Waals surface area contributed by atoms with Crippen LogP contribution >= 0.6 is 0 Å². The number of rotatable bonds is 4. The molecule has 1 N–H and O–H groups in total. The van der Waals surface area contributed by atoms with Crippen LogP contribution in [0, 0.1) is 11.6 Å². The fourth-order valence-corrected chi connectivity index (χ4v) is 2.70. The predicted octanol–water partition coefficient (Wildman–Crippen LogP) is 1.84. The third kappa shape index (κ3) is 3.02. The average molecular weight is 387 g/mol. The van der Waals surface area contributed by atoms with Crippen molar-refractivity contribution in [2.75, 3.05) is 7.11 Å². The highest BCUT2D eigenvalue weighted by Gasteiger charge is 2.22. The lowest BCUT2D eigenvalue weighted by molar-refractivity contribution is 0.0600. The van der Waals surface area contributed by atoms with Crippen molar-refractivity contribution in [2.45, 2.75) is 6.54 Å². The number of benzene rings is 1. The van der Waals surface area contributed by atoms with E-state index in [1.165, 1.54) is 30.1 Å². The number of pyridine rings is 1. The third-order valence-electron chi connectivity index (χ3n) is 3.98. The van der Waals surface area contributed by atoms with E-state index in [9.17, 15) is 18.4 Å². The summed E-state index contributed by atoms with van der Waals surface area (Å²) in [7, 11) is 1.21. The van der Waals surface area contributed by atoms with E-state index in [4.69, 9.17) is 9.26 Å². The fourth-order valence-electron chi connectivity index (χ4n) is 2.70. The molecule has 0 aliphatic carbocycles. The van der Waals surface area contributed by atoms with Gasteiger partial charge in [0.15, 0.2) is 0 Å². The lowest BCUT2D eigenvalue weighted by atomic mass is 10.1. The molecule has 2 aliphatic rings. The molecule has 0 atom stereocenters. The van der Waals surface area contributed by atoms with Crippen LogP contribution in [0.4, 0.5) is 8.78 Å². The molecule has 0 saturated heterocycles. The van der Waals surface area contributed by atoms with Gasteiger partial charge in [0.25, 0.3) is 5.56 Å². The first-order chi connectivity index (χ1) is 13.5. The Balaban J connectivity index is 1.70. The van der Waals surface area contributed by atoms with Gasteiger partial charge in [-0.05, 0) is 12.1 Å². The predicted molar refractivity (Wildman–Crippen MR) is 89.6 cm³/mol. The Kier molecular flexibility index (Phi) is 4.18. The molecule has 0 amide bonds. The van der Waals surface area contributed by atoms with Crippen LogP contribution in [0.5, 0.6) is 0 Å². The first-order valence-corrected chi connectivity index (χ1v) is 7.90. The van der Waals surface area contributed by atoms with Crippen LogP contribution in [0.3, 0.4) is 0 Å². The third-order valence-corrected chi connectivity index (χ3v) is 3.98. The van der Waals surface area contributed by atoms with Gasteiger partial charge in [0.1, 0.15) is 29.4 Å². The molecule has 4 rings (SSSR count). The number of carbonyl (C=O) groups excluding carboxylic acids is 1. The fraction of sp³-hybridized carbons (Fsp3) is 0.118. The Labute approximate surface area is 154 Å². The smallest absolute Gasteiger partial charge is 0.341 e. The van der Waals surface area contributed by atoms with Crippen molar-refractivity contribution < 1.29 is 22.8 Å². The number of esters is 1. The largest absolute Gasteiger partial charge is 0.465 e. The summed E-state index contributed by atoms with van der Waals surface area (Å²) in [4.78, 5) is 27.9. The van der Waals surface area contributed by atoms with Crippen molar-refractivity contribution in [3.05, 3.63) is 64.0 Å². The summed E-state index contributed by atoms with van der Waals surface area (Å²) >= 11 is 0. The van der Waals surface area contributed by atoms with Gasteiger partial charge >= 0.3 is 5.97 Å². The Hall–Kier alpha value is -3.89. The van der Waals surface area contributed by atoms with E-state index in [0.717, 1.165) is 6.07 Å². The Bertz CT molecular complexity index is 1210. The normalized spacial score (nSPS) is 11.1. The lowest BCUT2D eigenvalue weighted by Gasteiger charge is -2.09. The molecule has 0 unspecified atom stereocenters. The number of H-pyrrole nitrogens is 1. The number of nitrogens with zero attached hydrogens (tertiary/aromatic N) is 4. The summed E-state index contributed by atoms with van der Waals surface area (Å²) < 4.78 is 38.2. The summed E-state index contributed by atoms with van der Waals surface area (Å²) in [5.74, 6) is -2.21. The molecule has 28 heavy (non-hydrogen) atoms. The number of fused-ring (bicyclic) bond motifs is 1. The number of hydrogen-bond acceptors (Lipinski definition) is 7. The summed E-state index contributed by atoms with van der Waals surface area (Å²) in [5, 5.41) is 9.78. The zero-order valence-electron chi connectivity index (χ0n) is 14.3. The van der Waals surface area contributed by atoms with E-state index in [-0.39, 0.29) is 40.6 Å². The maximum Gasteiger partial charge on any atom is 0.341 e. The van der Waals surface area contributed by atoms with Crippen molar-refractivity contribution in [1.29, 1.82) is 0 Å². The molecule has 0 saturated carbocycles. The molecule has 3 heterocycles. The minimum atomic E-state index is -0.830. The van der Waals surface area contributed by atoms with Gasteiger partial charge in [0, 0.05) is 18.5 Å². The second-order valence-electron chi connectivity index (χ2n) is 5.79. The van der Waals surface area contributed by atoms with E-state index < -0.39 is 23.2 Å². The molecule has 2 aliphatic heterocycles. The Morgan fingerprint density at radius 3 is 2.86 bits per heavy atom. The zero-order valence-corrected chi connectivity index (χ0v) is 14.3. The molecule has 2 aromatic rings. The van der Waals surface area contributed by atoms with Gasteiger partial charge in [-0.2, -0.15) is 10.1 Å². The molecule has 1 aromatic heterocycles. The van der Waals surface area contributed by atoms with Gasteiger partial charge in [0.2, 0.25) is 11.7 Å². The molecule has 0 fully saturated rings. The van der Waals surface area contributed by atoms with Gasteiger partial charge in [-0.25, -0.2) is 18.7 Å². The second-order valence-corrected chi connectivity index (χ2v) is 5.79. The topological polar surface area (TPSA) is 116 Å². The van der Waals surface area contributed by atoms with Crippen LogP contribution in [0.25, 0.3) is 22.6 Å². The Morgan fingerprint density at radius 2 is 2.11 bits per heavy atom. The van der Waals surface area contributed by atoms with E-state index in [1.807, 2.05) is 0 Å². The average Bonchev–Trinajstić information content (AvgIpc) is 3.28. The van der Waals surface area contributed by atoms with Crippen molar-refractivity contribution in [3.8, 4) is 22.6 Å². The van der Waals surface area contributed by atoms with Gasteiger partial charge in [-0.3, -0.25) is 4.79 Å². The highest BCUT2D eigenvalue weighted by Crippen LogP contribution is 2.23. The summed E-state index contributed by atoms with van der Waals surface area (Å²) in [6.45, 7) is -0.0135. The highest BCUT2D eigenvalue weighted by atomic mass is 19.1. The first kappa shape index (κ1) is 17.5. The van der Waals surface area contributed by atoms with Crippen molar-refractivity contribution in [2.24, 2.45) is 0 Å². The number of aromatic nitrogens is 5. The molecule has 0 bridgehead atoms. The molecular weight excluding hydrogens is 376 g/mol. The molecule has 0 radical (unpaired) electrons. The monoisotopic (exact) mass is 387 g/mol. The van der Waals surface area contributed by atoms with Crippen LogP contribution in [0.2, 0.25) is 0 Å². The summed E-state index contributed by atoms with van der Waals surface area (Å²) in [5.41, 5.74) is -0.0829. The quantitative estimate of drug-likeness (QED) is 0.531. The minimum absolute atomic E-state index is 0.0135. The molecule has 11 heteroatoms. The van der Waals surface area contributed by atoms with Crippen molar-refractivity contribution >= 4 is 5.97 Å². The zero-order chi connectivity index (χ0) is 19.8. The van der Waals surface area contributed by atoms with E-state index in [1.54, 1.807) is 0 Å². The van der Waals surface area contributed by atoms with Crippen LogP contribution in [0.1, 0.15) is 16.2 Å². The Morgan fingerprint density at radius 1 is 1.29 bits per heavy atom. The lowest BCUT2D eigenvalue weighted by Crippen LogP contribution is -2.12. The molecule has 142 valence electrons. The summed E-state index contributed by atoms with van der Waals surface area (Å²) in [6, 6.07) is 2.99.